The van der Waals surface area contributed by atoms with E-state index in [2.05, 4.69) is 23.0 Å². The monoisotopic (exact) mass is 362 g/mol. The number of carbonyl (C=O) groups excluding carboxylic acids is 1. The predicted octanol–water partition coefficient (Wildman–Crippen LogP) is 4.89. The van der Waals surface area contributed by atoms with Gasteiger partial charge in [0.15, 0.2) is 0 Å². The van der Waals surface area contributed by atoms with Gasteiger partial charge in [0.2, 0.25) is 0 Å². The first-order valence-corrected chi connectivity index (χ1v) is 9.88. The fraction of sp³-hybridized carbons (Fsp3) is 0.278. The Bertz CT molecular complexity index is 738. The number of ether oxygens (including phenoxy) is 1. The van der Waals surface area contributed by atoms with Crippen LogP contribution < -0.4 is 4.74 Å². The molecule has 0 aliphatic carbocycles. The molecule has 2 rings (SSSR count). The Hall–Kier alpha value is -1.63. The van der Waals surface area contributed by atoms with Gasteiger partial charge in [-0.3, -0.25) is 0 Å². The van der Waals surface area contributed by atoms with Gasteiger partial charge in [-0.05, 0) is 43.8 Å². The molecular formula is C18H22N2O2S2. The molecule has 0 unspecified atom stereocenters. The summed E-state index contributed by atoms with van der Waals surface area (Å²) in [4.78, 5) is 17.4. The number of nitrogens with zero attached hydrogens (tertiary/aromatic N) is 1. The number of nitrogens with one attached hydrogen (secondary N) is 1. The molecule has 0 radical (unpaired) electrons. The SMILES string of the molecule is C=CC(=C)CSSC(=O)Oc1cccc2[nH]cc(CCN(C)C)c12. The molecule has 0 aliphatic rings. The van der Waals surface area contributed by atoms with Crippen molar-refractivity contribution in [2.45, 2.75) is 6.42 Å². The lowest BCUT2D eigenvalue weighted by Gasteiger charge is -2.10. The maximum atomic E-state index is 12.1. The molecule has 4 nitrogen and oxygen atoms in total. The lowest BCUT2D eigenvalue weighted by molar-refractivity contribution is 0.228. The minimum absolute atomic E-state index is 0.330. The van der Waals surface area contributed by atoms with Crippen LogP contribution in [0.3, 0.4) is 0 Å². The van der Waals surface area contributed by atoms with Crippen LogP contribution in [0.2, 0.25) is 0 Å². The number of aromatic amines is 1. The van der Waals surface area contributed by atoms with E-state index in [9.17, 15) is 4.79 Å². The zero-order chi connectivity index (χ0) is 17.5. The van der Waals surface area contributed by atoms with Crippen molar-refractivity contribution in [1.82, 2.24) is 9.88 Å². The third kappa shape index (κ3) is 5.19. The highest BCUT2D eigenvalue weighted by Gasteiger charge is 2.14. The van der Waals surface area contributed by atoms with Gasteiger partial charge >= 0.3 is 5.30 Å². The van der Waals surface area contributed by atoms with Crippen LogP contribution in [-0.4, -0.2) is 41.6 Å². The van der Waals surface area contributed by atoms with E-state index in [0.717, 1.165) is 45.8 Å². The second kappa shape index (κ2) is 9.01. The van der Waals surface area contributed by atoms with E-state index in [1.54, 1.807) is 6.08 Å². The molecule has 6 heteroatoms. The van der Waals surface area contributed by atoms with Crippen LogP contribution in [0.4, 0.5) is 4.79 Å². The summed E-state index contributed by atoms with van der Waals surface area (Å²) in [6, 6.07) is 5.71. The molecule has 2 aromatic rings. The summed E-state index contributed by atoms with van der Waals surface area (Å²) in [6.07, 6.45) is 4.57. The van der Waals surface area contributed by atoms with Crippen molar-refractivity contribution in [2.75, 3.05) is 26.4 Å². The largest absolute Gasteiger partial charge is 0.417 e. The average Bonchev–Trinajstić information content (AvgIpc) is 2.97. The molecule has 0 atom stereocenters. The summed E-state index contributed by atoms with van der Waals surface area (Å²) in [5.41, 5.74) is 3.02. The summed E-state index contributed by atoms with van der Waals surface area (Å²) in [5.74, 6) is 1.24. The number of carbonyl (C=O) groups is 1. The van der Waals surface area contributed by atoms with Crippen molar-refractivity contribution in [3.63, 3.8) is 0 Å². The number of hydrogen-bond acceptors (Lipinski definition) is 5. The number of rotatable bonds is 8. The van der Waals surface area contributed by atoms with Crippen molar-refractivity contribution >= 4 is 37.8 Å². The van der Waals surface area contributed by atoms with E-state index in [4.69, 9.17) is 4.74 Å². The number of aromatic nitrogens is 1. The van der Waals surface area contributed by atoms with Crippen LogP contribution in [0.1, 0.15) is 5.56 Å². The van der Waals surface area contributed by atoms with Crippen molar-refractivity contribution in [3.05, 3.63) is 54.8 Å². The molecule has 0 fully saturated rings. The Balaban J connectivity index is 2.07. The van der Waals surface area contributed by atoms with Crippen molar-refractivity contribution in [3.8, 4) is 5.75 Å². The normalized spacial score (nSPS) is 11.0. The molecule has 24 heavy (non-hydrogen) atoms. The predicted molar refractivity (Wildman–Crippen MR) is 106 cm³/mol. The molecule has 1 heterocycles. The molecule has 0 bridgehead atoms. The molecule has 1 aromatic heterocycles. The van der Waals surface area contributed by atoms with E-state index in [1.165, 1.54) is 10.8 Å². The lowest BCUT2D eigenvalue weighted by Crippen LogP contribution is -2.14. The van der Waals surface area contributed by atoms with E-state index in [0.29, 0.717) is 11.5 Å². The number of hydrogen-bond donors (Lipinski definition) is 1. The first-order valence-electron chi connectivity index (χ1n) is 7.56. The van der Waals surface area contributed by atoms with Gasteiger partial charge in [-0.15, -0.1) is 0 Å². The summed E-state index contributed by atoms with van der Waals surface area (Å²) in [6.45, 7) is 8.40. The molecule has 128 valence electrons. The Kier molecular flexibility index (Phi) is 7.02. The second-order valence-electron chi connectivity index (χ2n) is 5.61. The van der Waals surface area contributed by atoms with Crippen molar-refractivity contribution < 1.29 is 9.53 Å². The van der Waals surface area contributed by atoms with Crippen LogP contribution in [0, 0.1) is 0 Å². The smallest absolute Gasteiger partial charge is 0.383 e. The van der Waals surface area contributed by atoms with E-state index < -0.39 is 0 Å². The molecule has 1 aromatic carbocycles. The number of benzene rings is 1. The highest BCUT2D eigenvalue weighted by molar-refractivity contribution is 8.82. The van der Waals surface area contributed by atoms with Crippen LogP contribution in [0.5, 0.6) is 5.75 Å². The van der Waals surface area contributed by atoms with Gasteiger partial charge in [-0.1, -0.05) is 36.1 Å². The number of fused-ring (bicyclic) bond motifs is 1. The van der Waals surface area contributed by atoms with Crippen LogP contribution in [0.15, 0.2) is 49.2 Å². The fourth-order valence-electron chi connectivity index (χ4n) is 2.16. The minimum Gasteiger partial charge on any atom is -0.417 e. The van der Waals surface area contributed by atoms with Gasteiger partial charge < -0.3 is 14.6 Å². The molecule has 0 amide bonds. The molecule has 0 aliphatic heterocycles. The second-order valence-corrected chi connectivity index (χ2v) is 7.84. The highest BCUT2D eigenvalue weighted by atomic mass is 33.1. The number of likely N-dealkylation sites (N-methyl/N-ethyl adjacent to an activating group) is 1. The quantitative estimate of drug-likeness (QED) is 0.411. The minimum atomic E-state index is -0.330. The zero-order valence-corrected chi connectivity index (χ0v) is 15.6. The maximum Gasteiger partial charge on any atom is 0.383 e. The van der Waals surface area contributed by atoms with Gasteiger partial charge in [0.25, 0.3) is 0 Å². The third-order valence-corrected chi connectivity index (χ3v) is 5.37. The fourth-order valence-corrected chi connectivity index (χ4v) is 3.73. The molecule has 0 saturated carbocycles. The highest BCUT2D eigenvalue weighted by Crippen LogP contribution is 2.32. The molecule has 0 saturated heterocycles. The third-order valence-electron chi connectivity index (χ3n) is 3.43. The zero-order valence-electron chi connectivity index (χ0n) is 14.0. The Morgan fingerprint density at radius 3 is 2.92 bits per heavy atom. The van der Waals surface area contributed by atoms with Crippen molar-refractivity contribution in [2.24, 2.45) is 0 Å². The molecule has 0 spiro atoms. The van der Waals surface area contributed by atoms with Crippen LogP contribution in [0.25, 0.3) is 10.9 Å². The van der Waals surface area contributed by atoms with Gasteiger partial charge in [-0.2, -0.15) is 0 Å². The number of H-pyrrole nitrogens is 1. The van der Waals surface area contributed by atoms with E-state index >= 15 is 0 Å². The standard InChI is InChI=1S/C18H22N2O2S2/c1-5-13(2)12-23-24-18(21)22-16-8-6-7-15-17(16)14(11-19-15)9-10-20(3)4/h5-8,11,19H,1-2,9-10,12H2,3-4H3. The van der Waals surface area contributed by atoms with Crippen molar-refractivity contribution in [1.29, 1.82) is 0 Å². The average molecular weight is 363 g/mol. The lowest BCUT2D eigenvalue weighted by atomic mass is 10.1. The Morgan fingerprint density at radius 2 is 2.21 bits per heavy atom. The Labute approximate surface area is 150 Å². The van der Waals surface area contributed by atoms with Crippen LogP contribution in [-0.2, 0) is 6.42 Å². The van der Waals surface area contributed by atoms with E-state index in [-0.39, 0.29) is 5.30 Å². The number of allylic oxidation sites excluding steroid dienone is 1. The molecular weight excluding hydrogens is 340 g/mol. The Morgan fingerprint density at radius 1 is 1.42 bits per heavy atom. The summed E-state index contributed by atoms with van der Waals surface area (Å²) in [5, 5.41) is 0.651. The van der Waals surface area contributed by atoms with Gasteiger partial charge in [0.1, 0.15) is 5.75 Å². The van der Waals surface area contributed by atoms with Gasteiger partial charge in [0.05, 0.1) is 0 Å². The first-order chi connectivity index (χ1) is 11.5. The van der Waals surface area contributed by atoms with E-state index in [1.807, 2.05) is 38.5 Å². The molecule has 1 N–H and O–H groups in total. The summed E-state index contributed by atoms with van der Waals surface area (Å²) >= 11 is 0. The van der Waals surface area contributed by atoms with Gasteiger partial charge in [0, 0.05) is 40.2 Å². The first kappa shape index (κ1) is 18.7. The summed E-state index contributed by atoms with van der Waals surface area (Å²) in [7, 11) is 6.56. The maximum absolute atomic E-state index is 12.1. The van der Waals surface area contributed by atoms with Crippen LogP contribution >= 0.6 is 21.6 Å². The topological polar surface area (TPSA) is 45.3 Å². The van der Waals surface area contributed by atoms with Gasteiger partial charge in [-0.25, -0.2) is 4.79 Å². The summed E-state index contributed by atoms with van der Waals surface area (Å²) < 4.78 is 5.56.